The molecule has 1 heterocycles. The van der Waals surface area contributed by atoms with Crippen molar-refractivity contribution in [3.05, 3.63) is 23.7 Å². The molecule has 1 aromatic rings. The highest BCUT2D eigenvalue weighted by molar-refractivity contribution is 5.87. The first-order valence-electron chi connectivity index (χ1n) is 6.80. The van der Waals surface area contributed by atoms with Crippen LogP contribution in [0.3, 0.4) is 0 Å². The molecule has 5 nitrogen and oxygen atoms in total. The van der Waals surface area contributed by atoms with Gasteiger partial charge in [0.2, 0.25) is 5.76 Å². The molecule has 5 heteroatoms. The maximum absolute atomic E-state index is 11.4. The molecule has 0 radical (unpaired) electrons. The minimum Gasteiger partial charge on any atom is -0.463 e. The van der Waals surface area contributed by atoms with Gasteiger partial charge in [0, 0.05) is 12.1 Å². The summed E-state index contributed by atoms with van der Waals surface area (Å²) in [7, 11) is 1.35. The normalized spacial score (nSPS) is 10.9. The number of ether oxygens (including phenoxy) is 1. The van der Waals surface area contributed by atoms with Crippen LogP contribution in [0.2, 0.25) is 0 Å². The Kier molecular flexibility index (Phi) is 7.22. The molecule has 0 aliphatic rings. The highest BCUT2D eigenvalue weighted by Crippen LogP contribution is 2.11. The van der Waals surface area contributed by atoms with Crippen LogP contribution in [0.15, 0.2) is 16.7 Å². The van der Waals surface area contributed by atoms with Crippen molar-refractivity contribution < 1.29 is 13.9 Å². The fourth-order valence-electron chi connectivity index (χ4n) is 1.94. The van der Waals surface area contributed by atoms with E-state index >= 15 is 0 Å². The Morgan fingerprint density at radius 2 is 2.16 bits per heavy atom. The molecule has 0 saturated carbocycles. The lowest BCUT2D eigenvalue weighted by Gasteiger charge is -2.17. The minimum atomic E-state index is -0.426. The van der Waals surface area contributed by atoms with Gasteiger partial charge in [-0.1, -0.05) is 13.8 Å². The first-order valence-corrected chi connectivity index (χ1v) is 6.80. The molecule has 0 spiro atoms. The predicted octanol–water partition coefficient (Wildman–Crippen LogP) is 1.89. The fraction of sp³-hybridized carbons (Fsp3) is 0.643. The average molecular weight is 268 g/mol. The Balaban J connectivity index is 2.26. The highest BCUT2D eigenvalue weighted by atomic mass is 16.5. The first-order chi connectivity index (χ1) is 9.22. The number of carbonyl (C=O) groups excluding carboxylic acids is 1. The monoisotopic (exact) mass is 268 g/mol. The lowest BCUT2D eigenvalue weighted by Crippen LogP contribution is -2.27. The zero-order chi connectivity index (χ0) is 14.1. The largest absolute Gasteiger partial charge is 0.463 e. The van der Waals surface area contributed by atoms with Gasteiger partial charge in [0.1, 0.15) is 0 Å². The number of nitrogens with zero attached hydrogens (tertiary/aromatic N) is 1. The Labute approximate surface area is 114 Å². The van der Waals surface area contributed by atoms with Crippen LogP contribution in [0.1, 0.15) is 36.4 Å². The van der Waals surface area contributed by atoms with Crippen molar-refractivity contribution in [3.8, 4) is 0 Å². The third-order valence-electron chi connectivity index (χ3n) is 3.16. The van der Waals surface area contributed by atoms with E-state index in [2.05, 4.69) is 28.8 Å². The third-order valence-corrected chi connectivity index (χ3v) is 3.16. The molecule has 108 valence electrons. The number of carbonyl (C=O) groups is 1. The number of hydrogen-bond acceptors (Lipinski definition) is 5. The van der Waals surface area contributed by atoms with Crippen LogP contribution in [-0.4, -0.2) is 44.2 Å². The molecule has 0 bridgehead atoms. The van der Waals surface area contributed by atoms with Crippen LogP contribution in [0, 0.1) is 0 Å². The van der Waals surface area contributed by atoms with Crippen LogP contribution < -0.4 is 5.32 Å². The van der Waals surface area contributed by atoms with Gasteiger partial charge in [-0.15, -0.1) is 0 Å². The zero-order valence-electron chi connectivity index (χ0n) is 12.1. The van der Waals surface area contributed by atoms with Gasteiger partial charge >= 0.3 is 5.97 Å². The zero-order valence-corrected chi connectivity index (χ0v) is 12.1. The van der Waals surface area contributed by atoms with E-state index in [0.717, 1.165) is 38.2 Å². The van der Waals surface area contributed by atoms with Gasteiger partial charge in [-0.3, -0.25) is 0 Å². The van der Waals surface area contributed by atoms with Crippen molar-refractivity contribution in [2.24, 2.45) is 0 Å². The van der Waals surface area contributed by atoms with Crippen molar-refractivity contribution in [1.29, 1.82) is 0 Å². The molecule has 19 heavy (non-hydrogen) atoms. The second kappa shape index (κ2) is 8.72. The summed E-state index contributed by atoms with van der Waals surface area (Å²) in [4.78, 5) is 13.8. The van der Waals surface area contributed by atoms with Gasteiger partial charge in [0.25, 0.3) is 0 Å². The van der Waals surface area contributed by atoms with E-state index in [1.165, 1.54) is 13.4 Å². The first kappa shape index (κ1) is 15.7. The van der Waals surface area contributed by atoms with Crippen molar-refractivity contribution in [1.82, 2.24) is 10.2 Å². The quantitative estimate of drug-likeness (QED) is 0.547. The Hall–Kier alpha value is -1.33. The van der Waals surface area contributed by atoms with Gasteiger partial charge in [-0.25, -0.2) is 4.79 Å². The Bertz CT molecular complexity index is 373. The number of nitrogens with one attached hydrogen (secondary N) is 1. The van der Waals surface area contributed by atoms with Crippen molar-refractivity contribution in [2.75, 3.05) is 33.3 Å². The van der Waals surface area contributed by atoms with Crippen LogP contribution in [0.5, 0.6) is 0 Å². The van der Waals surface area contributed by atoms with Crippen LogP contribution in [0.25, 0.3) is 0 Å². The van der Waals surface area contributed by atoms with E-state index in [0.29, 0.717) is 12.3 Å². The molecular weight excluding hydrogens is 244 g/mol. The molecule has 1 aromatic heterocycles. The summed E-state index contributed by atoms with van der Waals surface area (Å²) in [5.74, 6) is -0.135. The fourth-order valence-corrected chi connectivity index (χ4v) is 1.94. The maximum Gasteiger partial charge on any atom is 0.374 e. The predicted molar refractivity (Wildman–Crippen MR) is 74.2 cm³/mol. The highest BCUT2D eigenvalue weighted by Gasteiger charge is 2.14. The molecule has 0 unspecified atom stereocenters. The maximum atomic E-state index is 11.4. The standard InChI is InChI=1S/C14H24N2O3/c1-4-16(5-2)9-6-8-15-11-12-7-10-19-13(12)14(17)18-3/h7,10,15H,4-6,8-9,11H2,1-3H3. The van der Waals surface area contributed by atoms with E-state index in [9.17, 15) is 4.79 Å². The number of methoxy groups -OCH3 is 1. The number of rotatable bonds is 9. The van der Waals surface area contributed by atoms with E-state index in [4.69, 9.17) is 4.42 Å². The van der Waals surface area contributed by atoms with Gasteiger partial charge < -0.3 is 19.4 Å². The molecule has 1 N–H and O–H groups in total. The second-order valence-electron chi connectivity index (χ2n) is 4.32. The molecule has 0 saturated heterocycles. The summed E-state index contributed by atoms with van der Waals surface area (Å²) in [6, 6.07) is 1.80. The summed E-state index contributed by atoms with van der Waals surface area (Å²) in [6.45, 7) is 9.15. The number of furan rings is 1. The summed E-state index contributed by atoms with van der Waals surface area (Å²) in [5.41, 5.74) is 0.842. The van der Waals surface area contributed by atoms with Gasteiger partial charge in [-0.05, 0) is 38.7 Å². The van der Waals surface area contributed by atoms with Crippen LogP contribution in [-0.2, 0) is 11.3 Å². The molecule has 0 amide bonds. The van der Waals surface area contributed by atoms with Crippen molar-refractivity contribution >= 4 is 5.97 Å². The summed E-state index contributed by atoms with van der Waals surface area (Å²) in [6.07, 6.45) is 2.60. The molecule has 0 aliphatic heterocycles. The smallest absolute Gasteiger partial charge is 0.374 e. The van der Waals surface area contributed by atoms with E-state index in [1.54, 1.807) is 6.07 Å². The van der Waals surface area contributed by atoms with Crippen LogP contribution in [0.4, 0.5) is 0 Å². The molecular formula is C14H24N2O3. The van der Waals surface area contributed by atoms with Gasteiger partial charge in [0.05, 0.1) is 13.4 Å². The molecule has 0 aliphatic carbocycles. The Morgan fingerprint density at radius 1 is 1.42 bits per heavy atom. The second-order valence-corrected chi connectivity index (χ2v) is 4.32. The summed E-state index contributed by atoms with van der Waals surface area (Å²) in [5, 5.41) is 3.32. The topological polar surface area (TPSA) is 54.7 Å². The third kappa shape index (κ3) is 5.04. The minimum absolute atomic E-state index is 0.291. The lowest BCUT2D eigenvalue weighted by molar-refractivity contribution is 0.0563. The summed E-state index contributed by atoms with van der Waals surface area (Å²) >= 11 is 0. The lowest BCUT2D eigenvalue weighted by atomic mass is 10.2. The van der Waals surface area contributed by atoms with Crippen molar-refractivity contribution in [2.45, 2.75) is 26.8 Å². The number of esters is 1. The average Bonchev–Trinajstić information content (AvgIpc) is 2.90. The Morgan fingerprint density at radius 3 is 2.79 bits per heavy atom. The summed E-state index contributed by atoms with van der Waals surface area (Å²) < 4.78 is 9.78. The SMILES string of the molecule is CCN(CC)CCCNCc1ccoc1C(=O)OC. The van der Waals surface area contributed by atoms with Gasteiger partial charge in [0.15, 0.2) is 0 Å². The molecule has 0 atom stereocenters. The number of hydrogen-bond donors (Lipinski definition) is 1. The molecule has 0 aromatic carbocycles. The van der Waals surface area contributed by atoms with Crippen molar-refractivity contribution in [3.63, 3.8) is 0 Å². The molecule has 1 rings (SSSR count). The van der Waals surface area contributed by atoms with Crippen LogP contribution >= 0.6 is 0 Å². The molecule has 0 fully saturated rings. The van der Waals surface area contributed by atoms with Gasteiger partial charge in [-0.2, -0.15) is 0 Å². The van der Waals surface area contributed by atoms with E-state index in [1.807, 2.05) is 0 Å². The van der Waals surface area contributed by atoms with E-state index < -0.39 is 5.97 Å². The van der Waals surface area contributed by atoms with E-state index in [-0.39, 0.29) is 0 Å².